The maximum absolute atomic E-state index is 13.9. The maximum Gasteiger partial charge on any atom is 0.439 e. The Balaban J connectivity index is 1.52. The number of nitrogens with one attached hydrogen (secondary N) is 1. The number of nitrogens with zero attached hydrogens (tertiary/aromatic N) is 6. The van der Waals surface area contributed by atoms with Gasteiger partial charge in [-0.05, 0) is 43.7 Å². The lowest BCUT2D eigenvalue weighted by molar-refractivity contribution is 0.0213. The number of rotatable bonds is 7. The second-order valence-corrected chi connectivity index (χ2v) is 11.6. The van der Waals surface area contributed by atoms with E-state index >= 15 is 0 Å². The molecule has 212 valence electrons. The van der Waals surface area contributed by atoms with Crippen molar-refractivity contribution in [1.82, 2.24) is 29.7 Å². The number of hydrogen-bond donors (Lipinski definition) is 1. The number of imidazole rings is 1. The van der Waals surface area contributed by atoms with Gasteiger partial charge in [-0.3, -0.25) is 14.5 Å². The number of hydrogen-bond acceptors (Lipinski definition) is 8. The van der Waals surface area contributed by atoms with E-state index in [-0.39, 0.29) is 11.9 Å². The van der Waals surface area contributed by atoms with E-state index in [1.54, 1.807) is 19.3 Å². The molecule has 6 rings (SSSR count). The van der Waals surface area contributed by atoms with E-state index in [2.05, 4.69) is 31.5 Å². The summed E-state index contributed by atoms with van der Waals surface area (Å²) in [5.41, 5.74) is 3.33. The predicted octanol–water partition coefficient (Wildman–Crippen LogP) is 5.27. The van der Waals surface area contributed by atoms with Gasteiger partial charge in [-0.2, -0.15) is 0 Å². The van der Waals surface area contributed by atoms with Gasteiger partial charge in [0.2, 0.25) is 11.8 Å². The molecule has 40 heavy (non-hydrogen) atoms. The van der Waals surface area contributed by atoms with Crippen molar-refractivity contribution < 1.29 is 13.7 Å². The van der Waals surface area contributed by atoms with Gasteiger partial charge in [0.25, 0.3) is 0 Å². The minimum absolute atomic E-state index is 0.212. The summed E-state index contributed by atoms with van der Waals surface area (Å²) < 4.78 is 26.8. The van der Waals surface area contributed by atoms with Gasteiger partial charge in [0.1, 0.15) is 5.69 Å². The van der Waals surface area contributed by atoms with E-state index < -0.39 is 11.9 Å². The zero-order valence-corrected chi connectivity index (χ0v) is 23.4. The molecule has 5 heterocycles. The third-order valence-corrected chi connectivity index (χ3v) is 8.16. The summed E-state index contributed by atoms with van der Waals surface area (Å²) in [5.74, 6) is 1.58. The van der Waals surface area contributed by atoms with Crippen LogP contribution in [0, 0.1) is 11.8 Å². The van der Waals surface area contributed by atoms with Crippen molar-refractivity contribution in [2.75, 3.05) is 24.6 Å². The van der Waals surface area contributed by atoms with Gasteiger partial charge in [-0.15, -0.1) is 0 Å². The molecule has 2 atom stereocenters. The number of halogens is 2. The summed E-state index contributed by atoms with van der Waals surface area (Å²) in [4.78, 5) is 30.9. The molecule has 0 amide bonds. The molecule has 1 saturated carbocycles. The van der Waals surface area contributed by atoms with E-state index in [1.807, 2.05) is 12.1 Å². The molecule has 0 aromatic carbocycles. The Morgan fingerprint density at radius 3 is 2.75 bits per heavy atom. The summed E-state index contributed by atoms with van der Waals surface area (Å²) in [6, 6.07) is 3.63. The first-order valence-electron chi connectivity index (χ1n) is 13.9. The van der Waals surface area contributed by atoms with Crippen LogP contribution in [0.15, 0.2) is 33.8 Å². The molecule has 0 bridgehead atoms. The van der Waals surface area contributed by atoms with Gasteiger partial charge in [0.05, 0.1) is 40.6 Å². The molecule has 4 aromatic heterocycles. The molecule has 1 aliphatic heterocycles. The molecule has 0 radical (unpaired) electrons. The number of aromatic amines is 1. The van der Waals surface area contributed by atoms with Crippen LogP contribution in [0.1, 0.15) is 46.0 Å². The molecule has 1 N–H and O–H groups in total. The van der Waals surface area contributed by atoms with Crippen molar-refractivity contribution in [2.45, 2.75) is 64.8 Å². The lowest BCUT2D eigenvalue weighted by atomic mass is 9.83. The summed E-state index contributed by atoms with van der Waals surface area (Å²) >= 11 is 6.36. The quantitative estimate of drug-likeness (QED) is 0.320. The lowest BCUT2D eigenvalue weighted by Crippen LogP contribution is -2.44. The fourth-order valence-electron chi connectivity index (χ4n) is 5.94. The highest BCUT2D eigenvalue weighted by atomic mass is 35.5. The van der Waals surface area contributed by atoms with E-state index in [1.165, 1.54) is 12.8 Å². The van der Waals surface area contributed by atoms with Gasteiger partial charge in [-0.25, -0.2) is 19.2 Å². The number of pyridine rings is 2. The highest BCUT2D eigenvalue weighted by Gasteiger charge is 2.30. The number of anilines is 1. The van der Waals surface area contributed by atoms with Crippen molar-refractivity contribution in [3.63, 3.8) is 0 Å². The van der Waals surface area contributed by atoms with Crippen LogP contribution in [0.5, 0.6) is 0 Å². The number of alkyl halides is 1. The predicted molar refractivity (Wildman–Crippen MR) is 150 cm³/mol. The van der Waals surface area contributed by atoms with Crippen LogP contribution in [0.2, 0.25) is 5.02 Å². The van der Waals surface area contributed by atoms with Crippen molar-refractivity contribution in [1.29, 1.82) is 0 Å². The Labute approximate surface area is 235 Å². The average Bonchev–Trinajstić information content (AvgIpc) is 3.53. The fourth-order valence-corrected chi connectivity index (χ4v) is 6.11. The van der Waals surface area contributed by atoms with Gasteiger partial charge in [0.15, 0.2) is 0 Å². The molecule has 10 nitrogen and oxygen atoms in total. The Bertz CT molecular complexity index is 1540. The monoisotopic (exact) mass is 569 g/mol. The number of aromatic nitrogens is 6. The molecule has 1 aliphatic carbocycles. The van der Waals surface area contributed by atoms with Crippen molar-refractivity contribution in [3.8, 4) is 22.8 Å². The second-order valence-electron chi connectivity index (χ2n) is 11.2. The molecule has 0 spiro atoms. The molecule has 12 heteroatoms. The largest absolute Gasteiger partial charge is 0.439 e. The molecule has 2 aliphatic rings. The van der Waals surface area contributed by atoms with Crippen LogP contribution in [0.25, 0.3) is 33.8 Å². The SMILES string of the molecule is CC(F)CC1CN(c2nc3cc(-c4noc(=O)[nH]4)nc(-c4cncc(Cl)c4)c3n2CC2CCC(C)CC2)CCO1. The average molecular weight is 570 g/mol. The normalized spacial score (nSPS) is 22.6. The van der Waals surface area contributed by atoms with Crippen LogP contribution in [0.3, 0.4) is 0 Å². The molecule has 1 saturated heterocycles. The molecule has 2 unspecified atom stereocenters. The van der Waals surface area contributed by atoms with Gasteiger partial charge in [0, 0.05) is 44.0 Å². The first-order valence-corrected chi connectivity index (χ1v) is 14.3. The zero-order valence-electron chi connectivity index (χ0n) is 22.6. The molecular formula is C28H33ClFN7O3. The van der Waals surface area contributed by atoms with Crippen LogP contribution in [-0.2, 0) is 11.3 Å². The number of ether oxygens (including phenoxy) is 1. The summed E-state index contributed by atoms with van der Waals surface area (Å²) in [6.07, 6.45) is 7.15. The topological polar surface area (TPSA) is 115 Å². The van der Waals surface area contributed by atoms with Crippen LogP contribution in [-0.4, -0.2) is 61.6 Å². The summed E-state index contributed by atoms with van der Waals surface area (Å²) in [6.45, 7) is 6.35. The van der Waals surface area contributed by atoms with Crippen molar-refractivity contribution in [2.24, 2.45) is 11.8 Å². The third kappa shape index (κ3) is 5.62. The van der Waals surface area contributed by atoms with E-state index in [0.29, 0.717) is 54.0 Å². The summed E-state index contributed by atoms with van der Waals surface area (Å²) in [5, 5.41) is 4.34. The minimum atomic E-state index is -0.952. The van der Waals surface area contributed by atoms with Gasteiger partial charge >= 0.3 is 5.76 Å². The third-order valence-electron chi connectivity index (χ3n) is 7.95. The highest BCUT2D eigenvalue weighted by Crippen LogP contribution is 2.37. The maximum atomic E-state index is 13.9. The standard InChI is InChI=1S/C28H33ClFN7O3/c1-16-3-5-18(6-4-16)14-37-25-22(33-27(37)36-7-8-39-21(15-36)9-17(2)30)11-23(26-34-28(38)40-35-26)32-24(25)19-10-20(29)13-31-12-19/h10-13,16-18,21H,3-9,14-15H2,1-2H3,(H,34,35,38). The van der Waals surface area contributed by atoms with E-state index in [4.69, 9.17) is 30.8 Å². The first kappa shape index (κ1) is 26.9. The van der Waals surface area contributed by atoms with E-state index in [0.717, 1.165) is 42.3 Å². The fraction of sp³-hybridized carbons (Fsp3) is 0.536. The lowest BCUT2D eigenvalue weighted by Gasteiger charge is -2.35. The van der Waals surface area contributed by atoms with Crippen molar-refractivity contribution in [3.05, 3.63) is 40.1 Å². The van der Waals surface area contributed by atoms with Crippen molar-refractivity contribution >= 4 is 28.6 Å². The zero-order chi connectivity index (χ0) is 27.8. The van der Waals surface area contributed by atoms with Gasteiger partial charge in [-0.1, -0.05) is 36.5 Å². The number of morpholine rings is 1. The Kier molecular flexibility index (Phi) is 7.59. The Morgan fingerprint density at radius 1 is 1.20 bits per heavy atom. The molecule has 4 aromatic rings. The van der Waals surface area contributed by atoms with Crippen LogP contribution < -0.4 is 10.7 Å². The summed E-state index contributed by atoms with van der Waals surface area (Å²) in [7, 11) is 0. The highest BCUT2D eigenvalue weighted by molar-refractivity contribution is 6.30. The van der Waals surface area contributed by atoms with Crippen LogP contribution in [0.4, 0.5) is 10.3 Å². The number of H-pyrrole nitrogens is 1. The first-order chi connectivity index (χ1) is 19.3. The molecular weight excluding hydrogens is 537 g/mol. The van der Waals surface area contributed by atoms with Gasteiger partial charge < -0.3 is 14.2 Å². The van der Waals surface area contributed by atoms with E-state index in [9.17, 15) is 9.18 Å². The Hall–Kier alpha value is -3.31. The molecule has 2 fully saturated rings. The Morgan fingerprint density at radius 2 is 2.02 bits per heavy atom. The number of fused-ring (bicyclic) bond motifs is 1. The smallest absolute Gasteiger partial charge is 0.374 e. The minimum Gasteiger partial charge on any atom is -0.374 e. The van der Waals surface area contributed by atoms with Crippen LogP contribution >= 0.6 is 11.6 Å². The second kappa shape index (κ2) is 11.3.